The van der Waals surface area contributed by atoms with Crippen molar-refractivity contribution in [1.82, 2.24) is 25.1 Å². The first-order valence-electron chi connectivity index (χ1n) is 14.3. The summed E-state index contributed by atoms with van der Waals surface area (Å²) in [7, 11) is 0. The van der Waals surface area contributed by atoms with Crippen LogP contribution >= 0.6 is 0 Å². The van der Waals surface area contributed by atoms with Crippen molar-refractivity contribution in [3.05, 3.63) is 77.6 Å². The molecular weight excluding hydrogens is 575 g/mol. The number of nitrogen functional groups attached to an aromatic ring is 1. The Morgan fingerprint density at radius 1 is 1.11 bits per heavy atom. The molecule has 1 aliphatic carbocycles. The predicted molar refractivity (Wildman–Crippen MR) is 158 cm³/mol. The number of allylic oxidation sites excluding steroid dienone is 1. The molecular formula is C31H30F3N7O3. The first kappa shape index (κ1) is 29.3. The van der Waals surface area contributed by atoms with Gasteiger partial charge in [0.05, 0.1) is 29.1 Å². The molecule has 4 heterocycles. The van der Waals surface area contributed by atoms with Crippen molar-refractivity contribution in [2.24, 2.45) is 0 Å². The fraction of sp³-hybridized carbons (Fsp3) is 0.323. The van der Waals surface area contributed by atoms with Crippen LogP contribution in [0.4, 0.5) is 24.8 Å². The SMILES string of the molecule is Nc1ncc2c3c1c(-c1ccc(C(=O)Nc4cc(C(F)(F)F)ccn4)cc1)nn3[C@@H]1CCC[C@H](C1)NC(=O)COC/C=C/C2. The number of amides is 2. The van der Waals surface area contributed by atoms with E-state index in [4.69, 9.17) is 15.6 Å². The van der Waals surface area contributed by atoms with Gasteiger partial charge in [-0.1, -0.05) is 24.3 Å². The second-order valence-electron chi connectivity index (χ2n) is 10.9. The average Bonchev–Trinajstić information content (AvgIpc) is 3.41. The van der Waals surface area contributed by atoms with Crippen LogP contribution in [0.2, 0.25) is 0 Å². The Hall–Kier alpha value is -4.78. The molecule has 1 aliphatic heterocycles. The second-order valence-corrected chi connectivity index (χ2v) is 10.9. The van der Waals surface area contributed by atoms with E-state index in [1.54, 1.807) is 30.5 Å². The summed E-state index contributed by atoms with van der Waals surface area (Å²) in [4.78, 5) is 33.6. The topological polar surface area (TPSA) is 137 Å². The lowest BCUT2D eigenvalue weighted by Crippen LogP contribution is -2.40. The average molecular weight is 606 g/mol. The zero-order valence-electron chi connectivity index (χ0n) is 23.6. The van der Waals surface area contributed by atoms with Crippen molar-refractivity contribution >= 4 is 34.4 Å². The van der Waals surface area contributed by atoms with E-state index in [0.717, 1.165) is 48.7 Å². The molecule has 3 aromatic heterocycles. The van der Waals surface area contributed by atoms with Gasteiger partial charge >= 0.3 is 6.18 Å². The molecule has 2 amide bonds. The Morgan fingerprint density at radius 3 is 2.73 bits per heavy atom. The van der Waals surface area contributed by atoms with Gasteiger partial charge in [0.15, 0.2) is 0 Å². The monoisotopic (exact) mass is 605 g/mol. The van der Waals surface area contributed by atoms with Crippen LogP contribution in [0.25, 0.3) is 22.2 Å². The number of carbonyl (C=O) groups excluding carboxylic acids is 2. The quantitative estimate of drug-likeness (QED) is 0.277. The molecule has 10 nitrogen and oxygen atoms in total. The molecule has 4 aromatic rings. The van der Waals surface area contributed by atoms with E-state index < -0.39 is 17.6 Å². The molecule has 13 heteroatoms. The van der Waals surface area contributed by atoms with Gasteiger partial charge in [0.2, 0.25) is 5.91 Å². The third-order valence-corrected chi connectivity index (χ3v) is 7.89. The van der Waals surface area contributed by atoms with Crippen molar-refractivity contribution in [1.29, 1.82) is 0 Å². The Labute approximate surface area is 250 Å². The lowest BCUT2D eigenvalue weighted by molar-refractivity contribution is -0.137. The van der Waals surface area contributed by atoms with Gasteiger partial charge in [-0.25, -0.2) is 9.97 Å². The molecule has 44 heavy (non-hydrogen) atoms. The number of alkyl halides is 3. The van der Waals surface area contributed by atoms with Crippen LogP contribution in [0.5, 0.6) is 0 Å². The summed E-state index contributed by atoms with van der Waals surface area (Å²) in [5.74, 6) is -0.639. The van der Waals surface area contributed by atoms with Crippen LogP contribution in [-0.4, -0.2) is 50.8 Å². The highest BCUT2D eigenvalue weighted by atomic mass is 19.4. The normalized spacial score (nSPS) is 20.0. The van der Waals surface area contributed by atoms with Crippen LogP contribution in [-0.2, 0) is 22.1 Å². The first-order chi connectivity index (χ1) is 21.2. The number of fused-ring (bicyclic) bond motifs is 3. The van der Waals surface area contributed by atoms with Gasteiger partial charge < -0.3 is 21.1 Å². The number of hydrogen-bond donors (Lipinski definition) is 3. The number of rotatable bonds is 3. The Morgan fingerprint density at radius 2 is 1.93 bits per heavy atom. The fourth-order valence-corrected chi connectivity index (χ4v) is 5.80. The molecule has 4 N–H and O–H groups in total. The van der Waals surface area contributed by atoms with Crippen molar-refractivity contribution in [3.8, 4) is 11.3 Å². The third kappa shape index (κ3) is 6.13. The molecule has 228 valence electrons. The number of nitrogens with zero attached hydrogens (tertiary/aromatic N) is 4. The van der Waals surface area contributed by atoms with Crippen LogP contribution < -0.4 is 16.4 Å². The molecule has 1 fully saturated rings. The Bertz CT molecular complexity index is 1730. The summed E-state index contributed by atoms with van der Waals surface area (Å²) in [6.07, 6.45) is 5.93. The number of anilines is 2. The molecule has 1 saturated carbocycles. The molecule has 2 bridgehead atoms. The van der Waals surface area contributed by atoms with Crippen LogP contribution in [0.1, 0.15) is 53.2 Å². The number of nitrogens with one attached hydrogen (secondary N) is 2. The number of benzene rings is 1. The number of ether oxygens (including phenoxy) is 1. The second kappa shape index (κ2) is 12.1. The third-order valence-electron chi connectivity index (χ3n) is 7.89. The number of pyridine rings is 2. The van der Waals surface area contributed by atoms with Gasteiger partial charge in [-0.3, -0.25) is 14.3 Å². The molecule has 1 aromatic carbocycles. The molecule has 2 atom stereocenters. The van der Waals surface area contributed by atoms with Crippen LogP contribution in [0, 0.1) is 0 Å². The highest BCUT2D eigenvalue weighted by molar-refractivity contribution is 6.05. The highest BCUT2D eigenvalue weighted by Gasteiger charge is 2.31. The number of halogens is 3. The van der Waals surface area contributed by atoms with Crippen LogP contribution in [0.15, 0.2) is 60.9 Å². The number of hydrogen-bond acceptors (Lipinski definition) is 7. The lowest BCUT2D eigenvalue weighted by Gasteiger charge is -2.30. The molecule has 0 saturated heterocycles. The maximum Gasteiger partial charge on any atom is 0.416 e. The number of aromatic nitrogens is 4. The zero-order chi connectivity index (χ0) is 30.8. The lowest BCUT2D eigenvalue weighted by atomic mass is 9.90. The molecule has 2 aliphatic rings. The minimum Gasteiger partial charge on any atom is -0.383 e. The number of carbonyl (C=O) groups is 2. The summed E-state index contributed by atoms with van der Waals surface area (Å²) in [6, 6.07) is 8.19. The Kier molecular flexibility index (Phi) is 8.04. The van der Waals surface area contributed by atoms with Gasteiger partial charge in [0.25, 0.3) is 5.91 Å². The standard InChI is InChI=1S/C31H30F3N7O3/c32-31(33,34)21-11-12-36-24(14-21)39-30(43)19-9-7-18(8-10-19)27-26-28-20(16-37-29(26)35)4-1-2-13-44-17-25(42)38-22-5-3-6-23(15-22)41(28)40-27/h1-2,7-12,14,16,22-23H,3-6,13,15,17H2,(H2,35,37)(H,38,42)(H,36,39,43)/b2-1+/t22-,23-/m1/s1. The van der Waals surface area contributed by atoms with E-state index in [1.807, 2.05) is 16.8 Å². The minimum atomic E-state index is -4.56. The van der Waals surface area contributed by atoms with E-state index in [1.165, 1.54) is 0 Å². The van der Waals surface area contributed by atoms with Crippen molar-refractivity contribution in [2.45, 2.75) is 50.4 Å². The van der Waals surface area contributed by atoms with Crippen LogP contribution in [0.3, 0.4) is 0 Å². The van der Waals surface area contributed by atoms with Gasteiger partial charge in [0.1, 0.15) is 23.9 Å². The molecule has 0 spiro atoms. The van der Waals surface area contributed by atoms with Crippen molar-refractivity contribution in [3.63, 3.8) is 0 Å². The van der Waals surface area contributed by atoms with Crippen molar-refractivity contribution in [2.75, 3.05) is 24.3 Å². The maximum absolute atomic E-state index is 13.1. The van der Waals surface area contributed by atoms with E-state index in [0.29, 0.717) is 41.9 Å². The minimum absolute atomic E-state index is 0.000814. The van der Waals surface area contributed by atoms with Crippen molar-refractivity contribution < 1.29 is 27.5 Å². The maximum atomic E-state index is 13.1. The van der Waals surface area contributed by atoms with E-state index >= 15 is 0 Å². The summed E-state index contributed by atoms with van der Waals surface area (Å²) in [5, 5.41) is 11.3. The fourth-order valence-electron chi connectivity index (χ4n) is 5.80. The summed E-state index contributed by atoms with van der Waals surface area (Å²) in [5.41, 5.74) is 8.88. The summed E-state index contributed by atoms with van der Waals surface area (Å²) >= 11 is 0. The van der Waals surface area contributed by atoms with E-state index in [9.17, 15) is 22.8 Å². The molecule has 0 unspecified atom stereocenters. The largest absolute Gasteiger partial charge is 0.416 e. The van der Waals surface area contributed by atoms with Gasteiger partial charge in [-0.15, -0.1) is 0 Å². The predicted octanol–water partition coefficient (Wildman–Crippen LogP) is 5.08. The summed E-state index contributed by atoms with van der Waals surface area (Å²) < 4.78 is 46.8. The smallest absolute Gasteiger partial charge is 0.383 e. The number of nitrogens with two attached hydrogens (primary N) is 1. The first-order valence-corrected chi connectivity index (χ1v) is 14.3. The van der Waals surface area contributed by atoms with E-state index in [-0.39, 0.29) is 36.0 Å². The van der Waals surface area contributed by atoms with E-state index in [2.05, 4.69) is 20.6 Å². The van der Waals surface area contributed by atoms with Gasteiger partial charge in [-0.2, -0.15) is 18.3 Å². The van der Waals surface area contributed by atoms with Gasteiger partial charge in [0, 0.05) is 35.1 Å². The molecule has 6 rings (SSSR count). The Balaban J connectivity index is 1.35. The molecule has 0 radical (unpaired) electrons. The summed E-state index contributed by atoms with van der Waals surface area (Å²) in [6.45, 7) is 0.307. The zero-order valence-corrected chi connectivity index (χ0v) is 23.6. The van der Waals surface area contributed by atoms with Gasteiger partial charge in [-0.05, 0) is 56.4 Å². The highest BCUT2D eigenvalue weighted by Crippen LogP contribution is 2.39.